The van der Waals surface area contributed by atoms with Gasteiger partial charge in [-0.25, -0.2) is 0 Å². The molecule has 2 aromatic heterocycles. The number of aromatic nitrogens is 2. The first kappa shape index (κ1) is 10.6. The predicted molar refractivity (Wildman–Crippen MR) is 57.7 cm³/mol. The van der Waals surface area contributed by atoms with Gasteiger partial charge in [-0.05, 0) is 19.1 Å². The van der Waals surface area contributed by atoms with E-state index in [-0.39, 0.29) is 5.75 Å². The van der Waals surface area contributed by atoms with E-state index in [4.69, 9.17) is 9.63 Å². The van der Waals surface area contributed by atoms with Crippen molar-refractivity contribution in [2.45, 2.75) is 20.0 Å². The van der Waals surface area contributed by atoms with Gasteiger partial charge in [-0.1, -0.05) is 5.16 Å². The fourth-order valence-corrected chi connectivity index (χ4v) is 1.33. The molecule has 2 N–H and O–H groups in total. The first-order chi connectivity index (χ1) is 7.74. The Morgan fingerprint density at radius 3 is 2.88 bits per heavy atom. The molecule has 84 valence electrons. The molecule has 2 rings (SSSR count). The molecule has 2 heterocycles. The standard InChI is InChI=1S/C11H13N3O2/c1-8-4-11(16-14-8)7-12-5-9-2-3-10(15)6-13-9/h2-4,6,12,15H,5,7H2,1H3. The second-order valence-electron chi connectivity index (χ2n) is 3.55. The van der Waals surface area contributed by atoms with Crippen LogP contribution in [0, 0.1) is 6.92 Å². The lowest BCUT2D eigenvalue weighted by molar-refractivity contribution is 0.369. The average molecular weight is 219 g/mol. The highest BCUT2D eigenvalue weighted by Gasteiger charge is 2.00. The number of pyridine rings is 1. The van der Waals surface area contributed by atoms with E-state index in [0.29, 0.717) is 13.1 Å². The van der Waals surface area contributed by atoms with Crippen LogP contribution in [0.3, 0.4) is 0 Å². The molecule has 0 amide bonds. The number of rotatable bonds is 4. The zero-order valence-electron chi connectivity index (χ0n) is 8.97. The molecule has 0 saturated heterocycles. The molecule has 2 aromatic rings. The highest BCUT2D eigenvalue weighted by Crippen LogP contribution is 2.06. The van der Waals surface area contributed by atoms with Crippen molar-refractivity contribution in [2.24, 2.45) is 0 Å². The molecular formula is C11H13N3O2. The van der Waals surface area contributed by atoms with E-state index >= 15 is 0 Å². The van der Waals surface area contributed by atoms with Crippen LogP contribution in [0.5, 0.6) is 5.75 Å². The van der Waals surface area contributed by atoms with Crippen molar-refractivity contribution < 1.29 is 9.63 Å². The first-order valence-electron chi connectivity index (χ1n) is 5.01. The summed E-state index contributed by atoms with van der Waals surface area (Å²) >= 11 is 0. The van der Waals surface area contributed by atoms with Crippen molar-refractivity contribution in [1.29, 1.82) is 0 Å². The number of nitrogens with zero attached hydrogens (tertiary/aromatic N) is 2. The molecule has 16 heavy (non-hydrogen) atoms. The molecule has 0 aliphatic heterocycles. The van der Waals surface area contributed by atoms with Crippen LogP contribution in [0.15, 0.2) is 28.9 Å². The highest BCUT2D eigenvalue weighted by molar-refractivity contribution is 5.17. The molecule has 0 saturated carbocycles. The minimum absolute atomic E-state index is 0.176. The fourth-order valence-electron chi connectivity index (χ4n) is 1.33. The SMILES string of the molecule is Cc1cc(CNCc2ccc(O)cn2)on1. The third-order valence-corrected chi connectivity index (χ3v) is 2.09. The van der Waals surface area contributed by atoms with Crippen molar-refractivity contribution in [3.8, 4) is 5.75 Å². The van der Waals surface area contributed by atoms with E-state index in [1.165, 1.54) is 6.20 Å². The fraction of sp³-hybridized carbons (Fsp3) is 0.273. The monoisotopic (exact) mass is 219 g/mol. The third-order valence-electron chi connectivity index (χ3n) is 2.09. The van der Waals surface area contributed by atoms with Crippen LogP contribution >= 0.6 is 0 Å². The largest absolute Gasteiger partial charge is 0.506 e. The minimum atomic E-state index is 0.176. The molecule has 5 nitrogen and oxygen atoms in total. The van der Waals surface area contributed by atoms with Crippen molar-refractivity contribution in [3.05, 3.63) is 41.5 Å². The number of hydrogen-bond acceptors (Lipinski definition) is 5. The maximum absolute atomic E-state index is 9.06. The molecule has 0 atom stereocenters. The minimum Gasteiger partial charge on any atom is -0.506 e. The smallest absolute Gasteiger partial charge is 0.150 e. The number of aryl methyl sites for hydroxylation is 1. The normalized spacial score (nSPS) is 10.6. The van der Waals surface area contributed by atoms with Gasteiger partial charge in [-0.2, -0.15) is 0 Å². The number of hydrogen-bond donors (Lipinski definition) is 2. The average Bonchev–Trinajstić information content (AvgIpc) is 2.67. The van der Waals surface area contributed by atoms with Gasteiger partial charge in [0.25, 0.3) is 0 Å². The van der Waals surface area contributed by atoms with Crippen LogP contribution in [-0.2, 0) is 13.1 Å². The Morgan fingerprint density at radius 2 is 2.25 bits per heavy atom. The van der Waals surface area contributed by atoms with E-state index in [9.17, 15) is 0 Å². The van der Waals surface area contributed by atoms with Gasteiger partial charge in [0.05, 0.1) is 24.1 Å². The van der Waals surface area contributed by atoms with Gasteiger partial charge in [-0.15, -0.1) is 0 Å². The Balaban J connectivity index is 1.82. The van der Waals surface area contributed by atoms with Crippen LogP contribution in [0.25, 0.3) is 0 Å². The molecule has 0 aliphatic rings. The van der Waals surface area contributed by atoms with Crippen LogP contribution in [0.2, 0.25) is 0 Å². The van der Waals surface area contributed by atoms with Gasteiger partial charge in [0.15, 0.2) is 5.76 Å². The van der Waals surface area contributed by atoms with E-state index < -0.39 is 0 Å². The summed E-state index contributed by atoms with van der Waals surface area (Å²) in [7, 11) is 0. The lowest BCUT2D eigenvalue weighted by atomic mass is 10.3. The van der Waals surface area contributed by atoms with Crippen LogP contribution in [0.4, 0.5) is 0 Å². The van der Waals surface area contributed by atoms with Crippen molar-refractivity contribution >= 4 is 0 Å². The molecule has 0 aliphatic carbocycles. The Hall–Kier alpha value is -1.88. The van der Waals surface area contributed by atoms with Crippen molar-refractivity contribution in [2.75, 3.05) is 0 Å². The zero-order valence-corrected chi connectivity index (χ0v) is 8.97. The summed E-state index contributed by atoms with van der Waals surface area (Å²) < 4.78 is 5.05. The Labute approximate surface area is 93.1 Å². The molecule has 0 radical (unpaired) electrons. The van der Waals surface area contributed by atoms with E-state index in [0.717, 1.165) is 17.1 Å². The highest BCUT2D eigenvalue weighted by atomic mass is 16.5. The summed E-state index contributed by atoms with van der Waals surface area (Å²) in [5, 5.41) is 16.0. The summed E-state index contributed by atoms with van der Waals surface area (Å²) in [6.45, 7) is 3.12. The lowest BCUT2D eigenvalue weighted by Gasteiger charge is -2.01. The topological polar surface area (TPSA) is 71.2 Å². The van der Waals surface area contributed by atoms with Gasteiger partial charge in [0, 0.05) is 12.6 Å². The molecule has 0 unspecified atom stereocenters. The molecule has 0 bridgehead atoms. The molecular weight excluding hydrogens is 206 g/mol. The Morgan fingerprint density at radius 1 is 1.38 bits per heavy atom. The van der Waals surface area contributed by atoms with Gasteiger partial charge in [0.2, 0.25) is 0 Å². The Bertz CT molecular complexity index is 451. The van der Waals surface area contributed by atoms with Crippen LogP contribution in [-0.4, -0.2) is 15.2 Å². The van der Waals surface area contributed by atoms with Crippen molar-refractivity contribution in [1.82, 2.24) is 15.5 Å². The van der Waals surface area contributed by atoms with Crippen LogP contribution < -0.4 is 5.32 Å². The van der Waals surface area contributed by atoms with Crippen LogP contribution in [0.1, 0.15) is 17.1 Å². The molecule has 5 heteroatoms. The first-order valence-corrected chi connectivity index (χ1v) is 5.01. The number of nitrogens with one attached hydrogen (secondary N) is 1. The zero-order chi connectivity index (χ0) is 11.4. The summed E-state index contributed by atoms with van der Waals surface area (Å²) in [5.41, 5.74) is 1.74. The Kier molecular flexibility index (Phi) is 3.16. The third kappa shape index (κ3) is 2.80. The quantitative estimate of drug-likeness (QED) is 0.812. The van der Waals surface area contributed by atoms with E-state index in [1.807, 2.05) is 13.0 Å². The molecule has 0 fully saturated rings. The maximum atomic E-state index is 9.06. The van der Waals surface area contributed by atoms with E-state index in [2.05, 4.69) is 15.5 Å². The van der Waals surface area contributed by atoms with Gasteiger partial charge < -0.3 is 14.9 Å². The second kappa shape index (κ2) is 4.76. The predicted octanol–water partition coefficient (Wildman–Crippen LogP) is 1.37. The summed E-state index contributed by atoms with van der Waals surface area (Å²) in [5.74, 6) is 0.978. The van der Waals surface area contributed by atoms with Gasteiger partial charge in [-0.3, -0.25) is 4.98 Å². The van der Waals surface area contributed by atoms with E-state index in [1.54, 1.807) is 12.1 Å². The van der Waals surface area contributed by atoms with Gasteiger partial charge >= 0.3 is 0 Å². The van der Waals surface area contributed by atoms with Gasteiger partial charge in [0.1, 0.15) is 5.75 Å². The van der Waals surface area contributed by atoms with Crippen molar-refractivity contribution in [3.63, 3.8) is 0 Å². The molecule has 0 spiro atoms. The second-order valence-corrected chi connectivity index (χ2v) is 3.55. The maximum Gasteiger partial charge on any atom is 0.150 e. The summed E-state index contributed by atoms with van der Waals surface area (Å²) in [6, 6.07) is 5.27. The lowest BCUT2D eigenvalue weighted by Crippen LogP contribution is -2.12. The molecule has 0 aromatic carbocycles. The number of aromatic hydroxyl groups is 1. The summed E-state index contributed by atoms with van der Waals surface area (Å²) in [4.78, 5) is 4.06. The summed E-state index contributed by atoms with van der Waals surface area (Å²) in [6.07, 6.45) is 1.43.